The van der Waals surface area contributed by atoms with E-state index >= 15 is 0 Å². The van der Waals surface area contributed by atoms with Crippen LogP contribution in [0.25, 0.3) is 0 Å². The van der Waals surface area contributed by atoms with Gasteiger partial charge in [-0.1, -0.05) is 23.2 Å². The second-order valence-corrected chi connectivity index (χ2v) is 6.82. The highest BCUT2D eigenvalue weighted by Crippen LogP contribution is 2.38. The molecule has 0 atom stereocenters. The molecule has 2 rings (SSSR count). The van der Waals surface area contributed by atoms with Gasteiger partial charge in [-0.05, 0) is 45.9 Å². The highest BCUT2D eigenvalue weighted by molar-refractivity contribution is 6.35. The monoisotopic (exact) mass is 314 g/mol. The van der Waals surface area contributed by atoms with Crippen LogP contribution in [0.2, 0.25) is 10.0 Å². The van der Waals surface area contributed by atoms with Crippen LogP contribution in [0.4, 0.5) is 10.5 Å². The van der Waals surface area contributed by atoms with Crippen molar-refractivity contribution in [2.24, 2.45) is 5.41 Å². The van der Waals surface area contributed by atoms with Crippen LogP contribution >= 0.6 is 23.2 Å². The molecule has 0 aliphatic carbocycles. The number of hydrogen-bond donors (Lipinski definition) is 1. The highest BCUT2D eigenvalue weighted by Gasteiger charge is 2.52. The zero-order valence-corrected chi connectivity index (χ0v) is 13.3. The first-order valence-corrected chi connectivity index (χ1v) is 6.95. The summed E-state index contributed by atoms with van der Waals surface area (Å²) in [6.07, 6.45) is 0. The number of nitrogens with zero attached hydrogens (tertiary/aromatic N) is 1. The van der Waals surface area contributed by atoms with Crippen molar-refractivity contribution in [3.63, 3.8) is 0 Å². The third kappa shape index (κ3) is 2.27. The maximum atomic E-state index is 12.7. The molecule has 1 aromatic carbocycles. The van der Waals surface area contributed by atoms with Gasteiger partial charge in [-0.3, -0.25) is 4.79 Å². The molecular formula is C14H16Cl2N2O2. The molecule has 0 aromatic heterocycles. The second kappa shape index (κ2) is 4.64. The van der Waals surface area contributed by atoms with Gasteiger partial charge in [-0.2, -0.15) is 0 Å². The molecule has 1 saturated heterocycles. The standard InChI is InChI=1S/C14H16Cl2N2O2/c1-13(2)11(19)18(12(20)17-14(13,3)4)10-6-8(15)5-9(16)7-10/h5-7H,1-4H3,(H,17,20). The first-order valence-electron chi connectivity index (χ1n) is 6.19. The van der Waals surface area contributed by atoms with Crippen LogP contribution in [-0.2, 0) is 4.79 Å². The number of urea groups is 1. The van der Waals surface area contributed by atoms with Gasteiger partial charge in [0.2, 0.25) is 5.91 Å². The van der Waals surface area contributed by atoms with E-state index in [1.54, 1.807) is 32.0 Å². The number of imide groups is 1. The molecule has 1 aliphatic heterocycles. The fraction of sp³-hybridized carbons (Fsp3) is 0.429. The predicted octanol–water partition coefficient (Wildman–Crippen LogP) is 3.85. The van der Waals surface area contributed by atoms with Gasteiger partial charge in [-0.25, -0.2) is 9.69 Å². The number of amides is 3. The summed E-state index contributed by atoms with van der Waals surface area (Å²) in [5.74, 6) is -0.287. The van der Waals surface area contributed by atoms with E-state index in [9.17, 15) is 9.59 Å². The van der Waals surface area contributed by atoms with E-state index in [-0.39, 0.29) is 5.91 Å². The zero-order valence-electron chi connectivity index (χ0n) is 11.8. The maximum absolute atomic E-state index is 12.7. The van der Waals surface area contributed by atoms with Gasteiger partial charge in [0.1, 0.15) is 0 Å². The number of hydrogen-bond acceptors (Lipinski definition) is 2. The number of carbonyl (C=O) groups is 2. The van der Waals surface area contributed by atoms with Crippen LogP contribution in [0.5, 0.6) is 0 Å². The fourth-order valence-electron chi connectivity index (χ4n) is 2.02. The number of anilines is 1. The van der Waals surface area contributed by atoms with Crippen molar-refractivity contribution >= 4 is 40.8 Å². The van der Waals surface area contributed by atoms with Crippen molar-refractivity contribution in [3.8, 4) is 0 Å². The van der Waals surface area contributed by atoms with Gasteiger partial charge in [0.25, 0.3) is 0 Å². The summed E-state index contributed by atoms with van der Waals surface area (Å²) in [7, 11) is 0. The molecule has 108 valence electrons. The molecule has 1 aliphatic rings. The lowest BCUT2D eigenvalue weighted by Crippen LogP contribution is -2.69. The molecule has 0 radical (unpaired) electrons. The van der Waals surface area contributed by atoms with Gasteiger partial charge < -0.3 is 5.32 Å². The first-order chi connectivity index (χ1) is 9.06. The molecule has 0 spiro atoms. The molecule has 4 nitrogen and oxygen atoms in total. The van der Waals surface area contributed by atoms with Crippen molar-refractivity contribution in [1.29, 1.82) is 0 Å². The normalized spacial score (nSPS) is 20.8. The third-order valence-electron chi connectivity index (χ3n) is 4.03. The lowest BCUT2D eigenvalue weighted by molar-refractivity contribution is -0.130. The SMILES string of the molecule is CC1(C)NC(=O)N(c2cc(Cl)cc(Cl)c2)C(=O)C1(C)C. The molecule has 1 fully saturated rings. The second-order valence-electron chi connectivity index (χ2n) is 5.95. The van der Waals surface area contributed by atoms with Gasteiger partial charge in [-0.15, -0.1) is 0 Å². The van der Waals surface area contributed by atoms with Gasteiger partial charge >= 0.3 is 6.03 Å². The van der Waals surface area contributed by atoms with E-state index in [0.29, 0.717) is 15.7 Å². The summed E-state index contributed by atoms with van der Waals surface area (Å²) < 4.78 is 0. The summed E-state index contributed by atoms with van der Waals surface area (Å²) in [6, 6.07) is 4.16. The molecule has 20 heavy (non-hydrogen) atoms. The van der Waals surface area contributed by atoms with E-state index < -0.39 is 17.0 Å². The molecule has 0 saturated carbocycles. The minimum Gasteiger partial charge on any atom is -0.331 e. The third-order valence-corrected chi connectivity index (χ3v) is 4.46. The van der Waals surface area contributed by atoms with Crippen LogP contribution in [0.15, 0.2) is 18.2 Å². The Labute approximate surface area is 128 Å². The summed E-state index contributed by atoms with van der Waals surface area (Å²) in [4.78, 5) is 26.0. The summed E-state index contributed by atoms with van der Waals surface area (Å²) in [5.41, 5.74) is -1.02. The summed E-state index contributed by atoms with van der Waals surface area (Å²) in [5, 5.41) is 3.59. The number of rotatable bonds is 1. The molecule has 1 aromatic rings. The highest BCUT2D eigenvalue weighted by atomic mass is 35.5. The first kappa shape index (κ1) is 15.1. The van der Waals surface area contributed by atoms with E-state index in [1.165, 1.54) is 0 Å². The van der Waals surface area contributed by atoms with Crippen molar-refractivity contribution in [2.45, 2.75) is 33.2 Å². The van der Waals surface area contributed by atoms with Crippen LogP contribution < -0.4 is 10.2 Å². The lowest BCUT2D eigenvalue weighted by Gasteiger charge is -2.48. The van der Waals surface area contributed by atoms with Crippen molar-refractivity contribution in [3.05, 3.63) is 28.2 Å². The van der Waals surface area contributed by atoms with E-state index in [0.717, 1.165) is 4.90 Å². The molecular weight excluding hydrogens is 299 g/mol. The Hall–Kier alpha value is -1.26. The molecule has 0 bridgehead atoms. The number of halogens is 2. The average Bonchev–Trinajstić information content (AvgIpc) is 2.24. The maximum Gasteiger partial charge on any atom is 0.329 e. The topological polar surface area (TPSA) is 49.4 Å². The number of benzene rings is 1. The van der Waals surface area contributed by atoms with Crippen molar-refractivity contribution in [1.82, 2.24) is 5.32 Å². The van der Waals surface area contributed by atoms with Crippen LogP contribution in [0.3, 0.4) is 0 Å². The zero-order chi connectivity index (χ0) is 15.3. The predicted molar refractivity (Wildman–Crippen MR) is 80.3 cm³/mol. The number of nitrogens with one attached hydrogen (secondary N) is 1. The largest absolute Gasteiger partial charge is 0.331 e. The van der Waals surface area contributed by atoms with Crippen LogP contribution in [0, 0.1) is 5.41 Å². The molecule has 1 heterocycles. The van der Waals surface area contributed by atoms with Gasteiger partial charge in [0.15, 0.2) is 0 Å². The summed E-state index contributed by atoms with van der Waals surface area (Å²) >= 11 is 11.9. The molecule has 0 unspecified atom stereocenters. The lowest BCUT2D eigenvalue weighted by atomic mass is 9.72. The Bertz CT molecular complexity index is 577. The minimum atomic E-state index is -0.754. The molecule has 6 heteroatoms. The van der Waals surface area contributed by atoms with Crippen molar-refractivity contribution in [2.75, 3.05) is 4.90 Å². The Morgan fingerprint density at radius 3 is 2.00 bits per heavy atom. The Kier molecular flexibility index (Phi) is 3.51. The van der Waals surface area contributed by atoms with Crippen molar-refractivity contribution < 1.29 is 9.59 Å². The Morgan fingerprint density at radius 1 is 1.00 bits per heavy atom. The quantitative estimate of drug-likeness (QED) is 0.855. The van der Waals surface area contributed by atoms with E-state index in [2.05, 4.69) is 5.32 Å². The average molecular weight is 315 g/mol. The fourth-order valence-corrected chi connectivity index (χ4v) is 2.54. The van der Waals surface area contributed by atoms with Crippen LogP contribution in [-0.4, -0.2) is 17.5 Å². The minimum absolute atomic E-state index is 0.287. The van der Waals surface area contributed by atoms with Crippen LogP contribution in [0.1, 0.15) is 27.7 Å². The van der Waals surface area contributed by atoms with Gasteiger partial charge in [0.05, 0.1) is 16.6 Å². The molecule has 3 amide bonds. The Balaban J connectivity index is 2.52. The van der Waals surface area contributed by atoms with Gasteiger partial charge in [0, 0.05) is 10.0 Å². The number of carbonyl (C=O) groups excluding carboxylic acids is 2. The smallest absolute Gasteiger partial charge is 0.329 e. The Morgan fingerprint density at radius 2 is 1.50 bits per heavy atom. The van der Waals surface area contributed by atoms with E-state index in [1.807, 2.05) is 13.8 Å². The molecule has 1 N–H and O–H groups in total. The van der Waals surface area contributed by atoms with E-state index in [4.69, 9.17) is 23.2 Å². The summed E-state index contributed by atoms with van der Waals surface area (Å²) in [6.45, 7) is 7.25.